The predicted molar refractivity (Wildman–Crippen MR) is 100 cm³/mol. The van der Waals surface area contributed by atoms with Gasteiger partial charge in [-0.05, 0) is 56.2 Å². The van der Waals surface area contributed by atoms with Gasteiger partial charge in [-0.1, -0.05) is 29.8 Å². The lowest BCUT2D eigenvalue weighted by Crippen LogP contribution is -2.25. The molecule has 1 heterocycles. The first-order valence-electron chi connectivity index (χ1n) is 8.02. The van der Waals surface area contributed by atoms with E-state index >= 15 is 0 Å². The van der Waals surface area contributed by atoms with E-state index in [0.717, 1.165) is 11.1 Å². The smallest absolute Gasteiger partial charge is 0.368 e. The first-order chi connectivity index (χ1) is 12.4. The van der Waals surface area contributed by atoms with Crippen LogP contribution in [0.25, 0.3) is 5.69 Å². The van der Waals surface area contributed by atoms with Crippen LogP contribution in [0.4, 0.5) is 0 Å². The monoisotopic (exact) mass is 368 g/mol. The Bertz CT molecular complexity index is 1060. The Labute approximate surface area is 155 Å². The van der Waals surface area contributed by atoms with E-state index in [0.29, 0.717) is 22.2 Å². The number of hydrogen-bond acceptors (Lipinski definition) is 4. The van der Waals surface area contributed by atoms with Crippen molar-refractivity contribution in [3.8, 4) is 11.4 Å². The molecule has 0 bridgehead atoms. The molecular formula is C20H17ClN2O3. The zero-order valence-corrected chi connectivity index (χ0v) is 15.4. The molecular weight excluding hydrogens is 352 g/mol. The number of carbonyl (C=O) groups is 1. The number of nitrogens with zero attached hydrogens (tertiary/aromatic N) is 2. The van der Waals surface area contributed by atoms with Crippen molar-refractivity contribution in [2.24, 2.45) is 0 Å². The molecule has 3 rings (SSSR count). The summed E-state index contributed by atoms with van der Waals surface area (Å²) in [5.41, 5.74) is 2.41. The van der Waals surface area contributed by atoms with Gasteiger partial charge in [0.15, 0.2) is 0 Å². The summed E-state index contributed by atoms with van der Waals surface area (Å²) in [6.07, 6.45) is 0. The second-order valence-corrected chi connectivity index (χ2v) is 6.40. The molecule has 2 aromatic carbocycles. The molecule has 0 N–H and O–H groups in total. The summed E-state index contributed by atoms with van der Waals surface area (Å²) < 4.78 is 6.79. The van der Waals surface area contributed by atoms with Gasteiger partial charge in [0.1, 0.15) is 5.75 Å². The van der Waals surface area contributed by atoms with Gasteiger partial charge >= 0.3 is 5.97 Å². The number of halogens is 1. The highest BCUT2D eigenvalue weighted by Crippen LogP contribution is 2.20. The minimum atomic E-state index is -0.806. The molecule has 0 aliphatic heterocycles. The fourth-order valence-electron chi connectivity index (χ4n) is 2.49. The number of para-hydroxylation sites is 1. The van der Waals surface area contributed by atoms with Crippen molar-refractivity contribution in [3.63, 3.8) is 0 Å². The summed E-state index contributed by atoms with van der Waals surface area (Å²) in [5, 5.41) is 4.64. The largest absolute Gasteiger partial charge is 0.422 e. The highest BCUT2D eigenvalue weighted by atomic mass is 35.5. The lowest BCUT2D eigenvalue weighted by Gasteiger charge is -2.12. The van der Waals surface area contributed by atoms with Crippen molar-refractivity contribution in [2.45, 2.75) is 20.8 Å². The van der Waals surface area contributed by atoms with Gasteiger partial charge < -0.3 is 4.74 Å². The lowest BCUT2D eigenvalue weighted by molar-refractivity contribution is 0.0725. The Morgan fingerprint density at radius 3 is 2.46 bits per heavy atom. The third-order valence-electron chi connectivity index (χ3n) is 4.07. The van der Waals surface area contributed by atoms with E-state index in [1.54, 1.807) is 43.3 Å². The second kappa shape index (κ2) is 7.14. The van der Waals surface area contributed by atoms with E-state index < -0.39 is 11.4 Å². The molecule has 0 amide bonds. The Kier molecular flexibility index (Phi) is 4.91. The molecule has 0 radical (unpaired) electrons. The SMILES string of the molecule is Cc1ccc(OC(=O)c2nn(-c3ccccc3Cl)c(C)cc2=O)cc1C. The number of carbonyl (C=O) groups excluding carboxylic acids is 1. The van der Waals surface area contributed by atoms with Crippen LogP contribution in [0.15, 0.2) is 53.3 Å². The van der Waals surface area contributed by atoms with Gasteiger partial charge in [-0.15, -0.1) is 0 Å². The van der Waals surface area contributed by atoms with Crippen LogP contribution in [-0.2, 0) is 0 Å². The molecule has 0 atom stereocenters. The molecule has 3 aromatic rings. The normalized spacial score (nSPS) is 10.6. The first kappa shape index (κ1) is 17.9. The van der Waals surface area contributed by atoms with Gasteiger partial charge in [0.25, 0.3) is 0 Å². The van der Waals surface area contributed by atoms with E-state index in [1.165, 1.54) is 10.7 Å². The van der Waals surface area contributed by atoms with E-state index in [4.69, 9.17) is 16.3 Å². The minimum absolute atomic E-state index is 0.297. The molecule has 6 heteroatoms. The zero-order chi connectivity index (χ0) is 18.8. The lowest BCUT2D eigenvalue weighted by atomic mass is 10.1. The summed E-state index contributed by atoms with van der Waals surface area (Å²) in [4.78, 5) is 24.7. The summed E-state index contributed by atoms with van der Waals surface area (Å²) in [7, 11) is 0. The predicted octanol–water partition coefficient (Wildman–Crippen LogP) is 4.03. The molecule has 0 saturated heterocycles. The molecule has 132 valence electrons. The Balaban J connectivity index is 2.01. The fraction of sp³-hybridized carbons (Fsp3) is 0.150. The number of ether oxygens (including phenoxy) is 1. The molecule has 0 aliphatic rings. The third-order valence-corrected chi connectivity index (χ3v) is 4.39. The van der Waals surface area contributed by atoms with E-state index in [9.17, 15) is 9.59 Å². The Morgan fingerprint density at radius 2 is 1.77 bits per heavy atom. The van der Waals surface area contributed by atoms with Crippen molar-refractivity contribution >= 4 is 17.6 Å². The van der Waals surface area contributed by atoms with Crippen molar-refractivity contribution in [1.29, 1.82) is 0 Å². The van der Waals surface area contributed by atoms with Crippen LogP contribution in [0, 0.1) is 20.8 Å². The number of aromatic nitrogens is 2. The van der Waals surface area contributed by atoms with Crippen LogP contribution in [0.1, 0.15) is 27.3 Å². The number of rotatable bonds is 3. The van der Waals surface area contributed by atoms with Gasteiger partial charge in [0.05, 0.1) is 10.7 Å². The minimum Gasteiger partial charge on any atom is -0.422 e. The first-order valence-corrected chi connectivity index (χ1v) is 8.40. The molecule has 26 heavy (non-hydrogen) atoms. The average molecular weight is 369 g/mol. The highest BCUT2D eigenvalue weighted by molar-refractivity contribution is 6.32. The fourth-order valence-corrected chi connectivity index (χ4v) is 2.70. The molecule has 0 spiro atoms. The Hall–Kier alpha value is -2.92. The number of benzene rings is 2. The van der Waals surface area contributed by atoms with E-state index in [1.807, 2.05) is 19.9 Å². The van der Waals surface area contributed by atoms with Crippen molar-refractivity contribution < 1.29 is 9.53 Å². The van der Waals surface area contributed by atoms with Crippen LogP contribution >= 0.6 is 11.6 Å². The van der Waals surface area contributed by atoms with Gasteiger partial charge in [0.2, 0.25) is 11.1 Å². The van der Waals surface area contributed by atoms with Gasteiger partial charge in [-0.25, -0.2) is 9.48 Å². The average Bonchev–Trinajstić information content (AvgIpc) is 2.59. The quantitative estimate of drug-likeness (QED) is 0.517. The maximum atomic E-state index is 12.5. The molecule has 0 unspecified atom stereocenters. The third kappa shape index (κ3) is 3.53. The summed E-state index contributed by atoms with van der Waals surface area (Å²) in [6.45, 7) is 5.60. The molecule has 0 fully saturated rings. The van der Waals surface area contributed by atoms with Crippen molar-refractivity contribution in [2.75, 3.05) is 0 Å². The molecule has 0 aliphatic carbocycles. The van der Waals surface area contributed by atoms with Crippen LogP contribution in [-0.4, -0.2) is 15.7 Å². The van der Waals surface area contributed by atoms with Gasteiger partial charge in [-0.3, -0.25) is 4.79 Å². The van der Waals surface area contributed by atoms with Crippen molar-refractivity contribution in [3.05, 3.63) is 86.3 Å². The molecule has 5 nitrogen and oxygen atoms in total. The Morgan fingerprint density at radius 1 is 1.04 bits per heavy atom. The maximum absolute atomic E-state index is 12.5. The zero-order valence-electron chi connectivity index (χ0n) is 14.6. The maximum Gasteiger partial charge on any atom is 0.368 e. The summed E-state index contributed by atoms with van der Waals surface area (Å²) >= 11 is 6.21. The van der Waals surface area contributed by atoms with Gasteiger partial charge in [-0.2, -0.15) is 5.10 Å². The number of aryl methyl sites for hydroxylation is 3. The van der Waals surface area contributed by atoms with Crippen LogP contribution in [0.2, 0.25) is 5.02 Å². The summed E-state index contributed by atoms with van der Waals surface area (Å²) in [6, 6.07) is 13.7. The topological polar surface area (TPSA) is 61.2 Å². The number of hydrogen-bond donors (Lipinski definition) is 0. The van der Waals surface area contributed by atoms with Gasteiger partial charge in [0, 0.05) is 11.8 Å². The number of esters is 1. The molecule has 1 aromatic heterocycles. The van der Waals surface area contributed by atoms with Crippen LogP contribution in [0.3, 0.4) is 0 Å². The van der Waals surface area contributed by atoms with E-state index in [-0.39, 0.29) is 5.69 Å². The standard InChI is InChI=1S/C20H17ClN2O3/c1-12-8-9-15(10-13(12)2)26-20(25)19-18(24)11-14(3)23(22-19)17-7-5-4-6-16(17)21/h4-11H,1-3H3. The molecule has 0 saturated carbocycles. The second-order valence-electron chi connectivity index (χ2n) is 6.00. The van der Waals surface area contributed by atoms with E-state index in [2.05, 4.69) is 5.10 Å². The highest BCUT2D eigenvalue weighted by Gasteiger charge is 2.18. The van der Waals surface area contributed by atoms with Crippen LogP contribution < -0.4 is 10.2 Å². The summed E-state index contributed by atoms with van der Waals surface area (Å²) in [5.74, 6) is -0.441. The van der Waals surface area contributed by atoms with Crippen LogP contribution in [0.5, 0.6) is 5.75 Å². The van der Waals surface area contributed by atoms with Crippen molar-refractivity contribution in [1.82, 2.24) is 9.78 Å².